The van der Waals surface area contributed by atoms with Crippen LogP contribution in [0.1, 0.15) is 31.7 Å². The standard InChI is InChI=1S/C17H22N2/c1-13-6-7-14(12-19-13)8-9-15-10-11-18-17-5-3-2-4-16(15)17/h2-5,10-11,13-14,19H,6-9,12H2,1H3. The van der Waals surface area contributed by atoms with Gasteiger partial charge in [0.2, 0.25) is 0 Å². The molecule has 2 atom stereocenters. The van der Waals surface area contributed by atoms with Crippen LogP contribution in [0.3, 0.4) is 0 Å². The summed E-state index contributed by atoms with van der Waals surface area (Å²) in [6.07, 6.45) is 7.09. The molecule has 2 nitrogen and oxygen atoms in total. The number of benzene rings is 1. The third-order valence-corrected chi connectivity index (χ3v) is 4.32. The molecule has 1 N–H and O–H groups in total. The van der Waals surface area contributed by atoms with Crippen molar-refractivity contribution in [1.82, 2.24) is 10.3 Å². The highest BCUT2D eigenvalue weighted by molar-refractivity contribution is 5.81. The largest absolute Gasteiger partial charge is 0.314 e. The zero-order valence-corrected chi connectivity index (χ0v) is 11.6. The van der Waals surface area contributed by atoms with Crippen LogP contribution in [0.4, 0.5) is 0 Å². The average molecular weight is 254 g/mol. The van der Waals surface area contributed by atoms with E-state index in [1.54, 1.807) is 0 Å². The van der Waals surface area contributed by atoms with Crippen molar-refractivity contribution in [3.8, 4) is 0 Å². The van der Waals surface area contributed by atoms with E-state index >= 15 is 0 Å². The van der Waals surface area contributed by atoms with E-state index in [-0.39, 0.29) is 0 Å². The highest BCUT2D eigenvalue weighted by Crippen LogP contribution is 2.23. The van der Waals surface area contributed by atoms with Gasteiger partial charge in [0.05, 0.1) is 5.52 Å². The number of fused-ring (bicyclic) bond motifs is 1. The molecule has 1 aliphatic rings. The Labute approximate surface area is 115 Å². The zero-order valence-electron chi connectivity index (χ0n) is 11.6. The van der Waals surface area contributed by atoms with Crippen LogP contribution in [0.2, 0.25) is 0 Å². The number of para-hydroxylation sites is 1. The molecule has 2 aromatic rings. The summed E-state index contributed by atoms with van der Waals surface area (Å²) in [7, 11) is 0. The Morgan fingerprint density at radius 2 is 2.11 bits per heavy atom. The van der Waals surface area contributed by atoms with Crippen molar-refractivity contribution in [2.75, 3.05) is 6.54 Å². The summed E-state index contributed by atoms with van der Waals surface area (Å²) in [5, 5.41) is 4.91. The van der Waals surface area contributed by atoms with Crippen molar-refractivity contribution in [3.63, 3.8) is 0 Å². The topological polar surface area (TPSA) is 24.9 Å². The smallest absolute Gasteiger partial charge is 0.0704 e. The van der Waals surface area contributed by atoms with Gasteiger partial charge in [0.25, 0.3) is 0 Å². The summed E-state index contributed by atoms with van der Waals surface area (Å²) >= 11 is 0. The second-order valence-corrected chi connectivity index (χ2v) is 5.78. The van der Waals surface area contributed by atoms with Gasteiger partial charge in [0.15, 0.2) is 0 Å². The lowest BCUT2D eigenvalue weighted by Crippen LogP contribution is -2.36. The average Bonchev–Trinajstić information content (AvgIpc) is 2.47. The van der Waals surface area contributed by atoms with Crippen molar-refractivity contribution in [3.05, 3.63) is 42.1 Å². The Hall–Kier alpha value is -1.41. The molecule has 100 valence electrons. The Morgan fingerprint density at radius 3 is 2.95 bits per heavy atom. The van der Waals surface area contributed by atoms with E-state index in [2.05, 4.69) is 47.6 Å². The van der Waals surface area contributed by atoms with E-state index in [1.807, 2.05) is 6.20 Å². The number of aromatic nitrogens is 1. The molecule has 2 unspecified atom stereocenters. The lowest BCUT2D eigenvalue weighted by molar-refractivity contribution is 0.309. The monoisotopic (exact) mass is 254 g/mol. The predicted octanol–water partition coefficient (Wildman–Crippen LogP) is 3.56. The first-order valence-corrected chi connectivity index (χ1v) is 7.39. The second-order valence-electron chi connectivity index (χ2n) is 5.78. The number of hydrogen-bond acceptors (Lipinski definition) is 2. The van der Waals surface area contributed by atoms with Gasteiger partial charge in [0, 0.05) is 17.6 Å². The summed E-state index contributed by atoms with van der Waals surface area (Å²) in [6.45, 7) is 3.47. The summed E-state index contributed by atoms with van der Waals surface area (Å²) < 4.78 is 0. The highest BCUT2D eigenvalue weighted by atomic mass is 14.9. The SMILES string of the molecule is CC1CCC(CCc2ccnc3ccccc23)CN1. The van der Waals surface area contributed by atoms with Crippen molar-refractivity contribution in [2.24, 2.45) is 5.92 Å². The second kappa shape index (κ2) is 5.70. The van der Waals surface area contributed by atoms with Gasteiger partial charge in [-0.1, -0.05) is 18.2 Å². The molecule has 3 rings (SSSR count). The van der Waals surface area contributed by atoms with Gasteiger partial charge in [-0.3, -0.25) is 4.98 Å². The molecule has 19 heavy (non-hydrogen) atoms. The van der Waals surface area contributed by atoms with Gasteiger partial charge in [-0.15, -0.1) is 0 Å². The molecule has 1 aromatic carbocycles. The molecule has 0 bridgehead atoms. The summed E-state index contributed by atoms with van der Waals surface area (Å²) in [4.78, 5) is 4.43. The molecule has 0 aliphatic carbocycles. The van der Waals surface area contributed by atoms with Gasteiger partial charge in [-0.25, -0.2) is 0 Å². The fourth-order valence-corrected chi connectivity index (χ4v) is 3.04. The fraction of sp³-hybridized carbons (Fsp3) is 0.471. The molecule has 2 heterocycles. The number of nitrogens with one attached hydrogen (secondary N) is 1. The number of pyridine rings is 1. The summed E-state index contributed by atoms with van der Waals surface area (Å²) in [5.41, 5.74) is 2.57. The minimum Gasteiger partial charge on any atom is -0.314 e. The van der Waals surface area contributed by atoms with Crippen LogP contribution in [0.25, 0.3) is 10.9 Å². The Balaban J connectivity index is 1.68. The van der Waals surface area contributed by atoms with Crippen LogP contribution in [0.5, 0.6) is 0 Å². The first-order valence-electron chi connectivity index (χ1n) is 7.39. The first kappa shape index (κ1) is 12.6. The Bertz CT molecular complexity index is 536. The van der Waals surface area contributed by atoms with Crippen LogP contribution in [0.15, 0.2) is 36.5 Å². The zero-order chi connectivity index (χ0) is 13.1. The molecular formula is C17H22N2. The molecule has 1 aliphatic heterocycles. The van der Waals surface area contributed by atoms with E-state index in [0.29, 0.717) is 6.04 Å². The van der Waals surface area contributed by atoms with Crippen LogP contribution < -0.4 is 5.32 Å². The van der Waals surface area contributed by atoms with E-state index in [9.17, 15) is 0 Å². The molecule has 1 aromatic heterocycles. The number of piperidine rings is 1. The minimum atomic E-state index is 0.706. The van der Waals surface area contributed by atoms with E-state index in [1.165, 1.54) is 43.2 Å². The quantitative estimate of drug-likeness (QED) is 0.906. The molecule has 0 saturated carbocycles. The molecule has 0 radical (unpaired) electrons. The predicted molar refractivity (Wildman–Crippen MR) is 80.3 cm³/mol. The maximum Gasteiger partial charge on any atom is 0.0704 e. The van der Waals surface area contributed by atoms with Crippen molar-refractivity contribution in [1.29, 1.82) is 0 Å². The maximum absolute atomic E-state index is 4.43. The van der Waals surface area contributed by atoms with Crippen LogP contribution in [-0.4, -0.2) is 17.6 Å². The third kappa shape index (κ3) is 2.95. The summed E-state index contributed by atoms with van der Waals surface area (Å²) in [6, 6.07) is 11.4. The van der Waals surface area contributed by atoms with Crippen LogP contribution >= 0.6 is 0 Å². The minimum absolute atomic E-state index is 0.706. The molecule has 1 fully saturated rings. The normalized spacial score (nSPS) is 23.6. The van der Waals surface area contributed by atoms with Crippen LogP contribution in [-0.2, 0) is 6.42 Å². The van der Waals surface area contributed by atoms with E-state index in [0.717, 1.165) is 11.4 Å². The van der Waals surface area contributed by atoms with Gasteiger partial charge < -0.3 is 5.32 Å². The van der Waals surface area contributed by atoms with E-state index in [4.69, 9.17) is 0 Å². The van der Waals surface area contributed by atoms with Gasteiger partial charge in [-0.05, 0) is 62.8 Å². The third-order valence-electron chi connectivity index (χ3n) is 4.32. The van der Waals surface area contributed by atoms with Crippen molar-refractivity contribution < 1.29 is 0 Å². The van der Waals surface area contributed by atoms with Crippen molar-refractivity contribution in [2.45, 2.75) is 38.6 Å². The lowest BCUT2D eigenvalue weighted by Gasteiger charge is -2.27. The van der Waals surface area contributed by atoms with Crippen molar-refractivity contribution >= 4 is 10.9 Å². The molecular weight excluding hydrogens is 232 g/mol. The first-order chi connectivity index (χ1) is 9.33. The Kier molecular flexibility index (Phi) is 3.79. The Morgan fingerprint density at radius 1 is 1.21 bits per heavy atom. The number of hydrogen-bond donors (Lipinski definition) is 1. The van der Waals surface area contributed by atoms with E-state index < -0.39 is 0 Å². The molecule has 2 heteroatoms. The highest BCUT2D eigenvalue weighted by Gasteiger charge is 2.17. The van der Waals surface area contributed by atoms with Gasteiger partial charge >= 0.3 is 0 Å². The lowest BCUT2D eigenvalue weighted by atomic mass is 9.89. The maximum atomic E-state index is 4.43. The summed E-state index contributed by atoms with van der Waals surface area (Å²) in [5.74, 6) is 0.836. The molecule has 0 spiro atoms. The fourth-order valence-electron chi connectivity index (χ4n) is 3.04. The number of aryl methyl sites for hydroxylation is 1. The number of nitrogens with zero attached hydrogens (tertiary/aromatic N) is 1. The molecule has 1 saturated heterocycles. The van der Waals surface area contributed by atoms with Crippen LogP contribution in [0, 0.1) is 5.92 Å². The van der Waals surface area contributed by atoms with Gasteiger partial charge in [0.1, 0.15) is 0 Å². The van der Waals surface area contributed by atoms with Gasteiger partial charge in [-0.2, -0.15) is 0 Å². The molecule has 0 amide bonds. The number of rotatable bonds is 3.